The van der Waals surface area contributed by atoms with Crippen LogP contribution in [-0.2, 0) is 0 Å². The summed E-state index contributed by atoms with van der Waals surface area (Å²) < 4.78 is 8.66. The van der Waals surface area contributed by atoms with E-state index in [9.17, 15) is 0 Å². The summed E-state index contributed by atoms with van der Waals surface area (Å²) in [6.45, 7) is 0. The number of aromatic nitrogens is 1. The van der Waals surface area contributed by atoms with Crippen LogP contribution in [-0.4, -0.2) is 4.40 Å². The van der Waals surface area contributed by atoms with Gasteiger partial charge in [-0.3, -0.25) is 0 Å². The third-order valence-electron chi connectivity index (χ3n) is 6.69. The lowest BCUT2D eigenvalue weighted by Crippen LogP contribution is -1.79. The van der Waals surface area contributed by atoms with Gasteiger partial charge in [0.1, 0.15) is 11.2 Å². The third kappa shape index (κ3) is 1.60. The maximum Gasteiger partial charge on any atom is 0.137 e. The van der Waals surface area contributed by atoms with Crippen LogP contribution in [0.3, 0.4) is 0 Å². The van der Waals surface area contributed by atoms with Gasteiger partial charge < -0.3 is 8.82 Å². The van der Waals surface area contributed by atoms with Crippen LogP contribution in [0, 0.1) is 0 Å². The number of rotatable bonds is 0. The van der Waals surface area contributed by atoms with E-state index in [1.54, 1.807) is 0 Å². The van der Waals surface area contributed by atoms with Crippen molar-refractivity contribution < 1.29 is 4.42 Å². The number of furan rings is 1. The summed E-state index contributed by atoms with van der Waals surface area (Å²) in [6, 6.07) is 32.7. The minimum absolute atomic E-state index is 0.942. The standard InChI is InChI=1S/C28H15NO/c1-2-8-17-16(7-1)13-21-18-9-3-5-11-23(18)29-24-15-26-20(14-22(24)27(17)28(21)29)19-10-4-6-12-25(19)30-26/h1-15H. The van der Waals surface area contributed by atoms with Gasteiger partial charge in [0.25, 0.3) is 0 Å². The first-order chi connectivity index (χ1) is 14.9. The first kappa shape index (κ1) is 14.9. The van der Waals surface area contributed by atoms with Gasteiger partial charge in [0.15, 0.2) is 0 Å². The molecule has 0 radical (unpaired) electrons. The van der Waals surface area contributed by atoms with E-state index >= 15 is 0 Å². The van der Waals surface area contributed by atoms with Crippen molar-refractivity contribution >= 4 is 70.8 Å². The Morgan fingerprint density at radius 3 is 2.20 bits per heavy atom. The van der Waals surface area contributed by atoms with E-state index in [4.69, 9.17) is 4.42 Å². The number of fused-ring (bicyclic) bond motifs is 11. The molecule has 0 aliphatic carbocycles. The molecule has 0 unspecified atom stereocenters. The van der Waals surface area contributed by atoms with E-state index in [1.165, 1.54) is 59.6 Å². The van der Waals surface area contributed by atoms with Crippen LogP contribution in [0.15, 0.2) is 95.4 Å². The fourth-order valence-corrected chi connectivity index (χ4v) is 5.46. The van der Waals surface area contributed by atoms with Crippen molar-refractivity contribution in [2.24, 2.45) is 0 Å². The Balaban J connectivity index is 1.77. The smallest absolute Gasteiger partial charge is 0.137 e. The molecule has 3 aromatic heterocycles. The number of benzene rings is 5. The zero-order chi connectivity index (χ0) is 19.4. The van der Waals surface area contributed by atoms with Crippen molar-refractivity contribution in [1.29, 1.82) is 0 Å². The minimum Gasteiger partial charge on any atom is -0.456 e. The lowest BCUT2D eigenvalue weighted by molar-refractivity contribution is 0.669. The normalized spacial score (nSPS) is 12.7. The topological polar surface area (TPSA) is 17.6 Å². The Kier molecular flexibility index (Phi) is 2.44. The maximum atomic E-state index is 6.24. The molecule has 0 atom stereocenters. The SMILES string of the molecule is c1ccc2c(c1)cc1c3ccccc3n3c4cc5oc6ccccc6c5cc4c2c13. The lowest BCUT2D eigenvalue weighted by Gasteiger charge is -2.02. The van der Waals surface area contributed by atoms with Crippen LogP contribution in [0.25, 0.3) is 70.8 Å². The summed E-state index contributed by atoms with van der Waals surface area (Å²) >= 11 is 0. The van der Waals surface area contributed by atoms with Crippen LogP contribution in [0.4, 0.5) is 0 Å². The van der Waals surface area contributed by atoms with Crippen LogP contribution in [0.1, 0.15) is 0 Å². The molecular formula is C28H15NO. The van der Waals surface area contributed by atoms with Gasteiger partial charge in [0.2, 0.25) is 0 Å². The highest BCUT2D eigenvalue weighted by atomic mass is 16.3. The molecule has 2 nitrogen and oxygen atoms in total. The molecule has 5 aromatic carbocycles. The van der Waals surface area contributed by atoms with Crippen molar-refractivity contribution in [2.75, 3.05) is 0 Å². The summed E-state index contributed by atoms with van der Waals surface area (Å²) in [5.41, 5.74) is 5.65. The molecule has 3 heterocycles. The molecule has 0 bridgehead atoms. The monoisotopic (exact) mass is 381 g/mol. The van der Waals surface area contributed by atoms with Crippen LogP contribution in [0.2, 0.25) is 0 Å². The summed E-state index contributed by atoms with van der Waals surface area (Å²) in [6.07, 6.45) is 0. The van der Waals surface area contributed by atoms with Crippen molar-refractivity contribution in [2.45, 2.75) is 0 Å². The molecule has 0 saturated heterocycles. The second-order valence-corrected chi connectivity index (χ2v) is 8.19. The van der Waals surface area contributed by atoms with Crippen molar-refractivity contribution in [3.05, 3.63) is 91.0 Å². The number of nitrogens with zero attached hydrogens (tertiary/aromatic N) is 1. The van der Waals surface area contributed by atoms with Gasteiger partial charge in [0.05, 0.1) is 16.6 Å². The fraction of sp³-hybridized carbons (Fsp3) is 0. The molecule has 0 aliphatic heterocycles. The summed E-state index contributed by atoms with van der Waals surface area (Å²) in [4.78, 5) is 0. The van der Waals surface area contributed by atoms with E-state index in [0.29, 0.717) is 0 Å². The number of para-hydroxylation sites is 2. The Labute approximate surface area is 170 Å². The van der Waals surface area contributed by atoms with Gasteiger partial charge in [0, 0.05) is 38.4 Å². The second kappa shape index (κ2) is 4.92. The minimum atomic E-state index is 0.942. The van der Waals surface area contributed by atoms with Gasteiger partial charge in [-0.2, -0.15) is 0 Å². The van der Waals surface area contributed by atoms with Gasteiger partial charge in [-0.05, 0) is 35.0 Å². The first-order valence-electron chi connectivity index (χ1n) is 10.3. The molecule has 0 amide bonds. The van der Waals surface area contributed by atoms with Gasteiger partial charge >= 0.3 is 0 Å². The van der Waals surface area contributed by atoms with Gasteiger partial charge in [-0.1, -0.05) is 60.7 Å². The van der Waals surface area contributed by atoms with Crippen molar-refractivity contribution in [3.8, 4) is 0 Å². The maximum absolute atomic E-state index is 6.24. The third-order valence-corrected chi connectivity index (χ3v) is 6.69. The highest BCUT2D eigenvalue weighted by Gasteiger charge is 2.21. The molecule has 8 aromatic rings. The highest BCUT2D eigenvalue weighted by molar-refractivity contribution is 6.32. The van der Waals surface area contributed by atoms with Crippen molar-refractivity contribution in [3.63, 3.8) is 0 Å². The molecule has 8 rings (SSSR count). The molecular weight excluding hydrogens is 366 g/mol. The molecule has 0 aliphatic rings. The molecule has 0 saturated carbocycles. The van der Waals surface area contributed by atoms with E-state index < -0.39 is 0 Å². The number of hydrogen-bond donors (Lipinski definition) is 0. The predicted molar refractivity (Wildman–Crippen MR) is 126 cm³/mol. The summed E-state index contributed by atoms with van der Waals surface area (Å²) in [5, 5.41) is 10.2. The molecule has 138 valence electrons. The zero-order valence-electron chi connectivity index (χ0n) is 16.0. The molecule has 0 fully saturated rings. The highest BCUT2D eigenvalue weighted by Crippen LogP contribution is 2.44. The Morgan fingerprint density at radius 1 is 0.500 bits per heavy atom. The number of hydrogen-bond acceptors (Lipinski definition) is 1. The van der Waals surface area contributed by atoms with Crippen LogP contribution < -0.4 is 0 Å². The van der Waals surface area contributed by atoms with Crippen LogP contribution in [0.5, 0.6) is 0 Å². The second-order valence-electron chi connectivity index (χ2n) is 8.19. The van der Waals surface area contributed by atoms with Crippen molar-refractivity contribution in [1.82, 2.24) is 4.40 Å². The quantitative estimate of drug-likeness (QED) is 0.261. The van der Waals surface area contributed by atoms with E-state index in [1.807, 2.05) is 12.1 Å². The van der Waals surface area contributed by atoms with Crippen LogP contribution >= 0.6 is 0 Å². The van der Waals surface area contributed by atoms with Gasteiger partial charge in [-0.25, -0.2) is 0 Å². The Bertz CT molecular complexity index is 1950. The fourth-order valence-electron chi connectivity index (χ4n) is 5.46. The van der Waals surface area contributed by atoms with E-state index in [-0.39, 0.29) is 0 Å². The molecule has 0 N–H and O–H groups in total. The lowest BCUT2D eigenvalue weighted by atomic mass is 9.99. The largest absolute Gasteiger partial charge is 0.456 e. The first-order valence-corrected chi connectivity index (χ1v) is 10.3. The summed E-state index contributed by atoms with van der Waals surface area (Å²) in [5.74, 6) is 0. The summed E-state index contributed by atoms with van der Waals surface area (Å²) in [7, 11) is 0. The van der Waals surface area contributed by atoms with E-state index in [2.05, 4.69) is 83.3 Å². The molecule has 30 heavy (non-hydrogen) atoms. The zero-order valence-corrected chi connectivity index (χ0v) is 16.0. The van der Waals surface area contributed by atoms with Gasteiger partial charge in [-0.15, -0.1) is 0 Å². The Morgan fingerprint density at radius 2 is 1.27 bits per heavy atom. The molecule has 0 spiro atoms. The predicted octanol–water partition coefficient (Wildman–Crippen LogP) is 7.89. The molecule has 2 heteroatoms. The van der Waals surface area contributed by atoms with E-state index in [0.717, 1.165) is 11.2 Å². The Hall–Kier alpha value is -4.04. The average molecular weight is 381 g/mol. The average Bonchev–Trinajstić information content (AvgIpc) is 3.43.